The van der Waals surface area contributed by atoms with Crippen LogP contribution in [0, 0.1) is 5.92 Å². The highest BCUT2D eigenvalue weighted by Gasteiger charge is 2.03. The lowest BCUT2D eigenvalue weighted by Gasteiger charge is -1.97. The largest absolute Gasteiger partial charge is 0.481 e. The Hall–Kier alpha value is -1.05. The van der Waals surface area contributed by atoms with E-state index >= 15 is 0 Å². The predicted octanol–water partition coefficient (Wildman–Crippen LogP) is 4.57. The maximum absolute atomic E-state index is 10.5. The van der Waals surface area contributed by atoms with Gasteiger partial charge < -0.3 is 5.11 Å². The number of carboxylic acid groups (broad SMARTS) is 1. The van der Waals surface area contributed by atoms with E-state index in [-0.39, 0.29) is 0 Å². The van der Waals surface area contributed by atoms with Gasteiger partial charge in [0, 0.05) is 0 Å². The summed E-state index contributed by atoms with van der Waals surface area (Å²) >= 11 is 0. The lowest BCUT2D eigenvalue weighted by molar-refractivity contribution is -0.139. The molecule has 98 valence electrons. The summed E-state index contributed by atoms with van der Waals surface area (Å²) in [7, 11) is 0. The monoisotopic (exact) mass is 238 g/mol. The molecule has 2 nitrogen and oxygen atoms in total. The summed E-state index contributed by atoms with van der Waals surface area (Å²) in [5.74, 6) is -1.17. The van der Waals surface area contributed by atoms with E-state index in [0.29, 0.717) is 0 Å². The fraction of sp³-hybridized carbons (Fsp3) is 0.667. The topological polar surface area (TPSA) is 37.3 Å². The molecule has 0 heterocycles. The summed E-state index contributed by atoms with van der Waals surface area (Å²) in [6.45, 7) is 3.91. The molecular formula is C15H26O2. The second kappa shape index (κ2) is 11.4. The van der Waals surface area contributed by atoms with E-state index in [2.05, 4.69) is 13.0 Å². The van der Waals surface area contributed by atoms with Gasteiger partial charge in [-0.3, -0.25) is 4.79 Å². The van der Waals surface area contributed by atoms with Crippen molar-refractivity contribution < 1.29 is 9.90 Å². The van der Waals surface area contributed by atoms with Gasteiger partial charge in [-0.2, -0.15) is 0 Å². The summed E-state index contributed by atoms with van der Waals surface area (Å²) in [6, 6.07) is 0. The van der Waals surface area contributed by atoms with Crippen LogP contribution >= 0.6 is 0 Å². The molecule has 0 aliphatic heterocycles. The molecule has 0 spiro atoms. The second-order valence-corrected chi connectivity index (χ2v) is 4.50. The molecule has 17 heavy (non-hydrogen) atoms. The van der Waals surface area contributed by atoms with Crippen molar-refractivity contribution in [2.75, 3.05) is 0 Å². The molecule has 1 atom stereocenters. The predicted molar refractivity (Wildman–Crippen MR) is 73.1 cm³/mol. The minimum absolute atomic E-state index is 0.395. The van der Waals surface area contributed by atoms with Crippen LogP contribution in [0.2, 0.25) is 0 Å². The van der Waals surface area contributed by atoms with Gasteiger partial charge in [0.1, 0.15) is 0 Å². The molecule has 0 radical (unpaired) electrons. The van der Waals surface area contributed by atoms with E-state index < -0.39 is 11.9 Å². The first-order valence-electron chi connectivity index (χ1n) is 6.74. The van der Waals surface area contributed by atoms with E-state index in [1.165, 1.54) is 38.5 Å². The maximum atomic E-state index is 10.5. The first-order chi connectivity index (χ1) is 8.18. The third kappa shape index (κ3) is 11.2. The highest BCUT2D eigenvalue weighted by Crippen LogP contribution is 2.07. The number of carboxylic acids is 1. The van der Waals surface area contributed by atoms with Crippen LogP contribution in [0.5, 0.6) is 0 Å². The molecule has 0 aromatic heterocycles. The normalized spacial score (nSPS) is 13.5. The summed E-state index contributed by atoms with van der Waals surface area (Å²) in [6.07, 6.45) is 16.6. The summed E-state index contributed by atoms with van der Waals surface area (Å²) in [4.78, 5) is 10.5. The van der Waals surface area contributed by atoms with Crippen LogP contribution in [0.1, 0.15) is 58.8 Å². The number of carbonyl (C=O) groups is 1. The summed E-state index contributed by atoms with van der Waals surface area (Å²) in [5.41, 5.74) is 0. The van der Waals surface area contributed by atoms with Gasteiger partial charge in [-0.1, -0.05) is 63.3 Å². The van der Waals surface area contributed by atoms with Crippen molar-refractivity contribution in [1.29, 1.82) is 0 Å². The number of aliphatic carboxylic acids is 1. The van der Waals surface area contributed by atoms with Gasteiger partial charge in [-0.05, 0) is 19.8 Å². The number of hydrogen-bond donors (Lipinski definition) is 1. The highest BCUT2D eigenvalue weighted by atomic mass is 16.4. The Kier molecular flexibility index (Phi) is 10.7. The molecule has 1 unspecified atom stereocenters. The number of hydrogen-bond acceptors (Lipinski definition) is 1. The zero-order valence-electron chi connectivity index (χ0n) is 11.2. The van der Waals surface area contributed by atoms with Crippen LogP contribution < -0.4 is 0 Å². The van der Waals surface area contributed by atoms with Gasteiger partial charge in [0.2, 0.25) is 0 Å². The highest BCUT2D eigenvalue weighted by molar-refractivity contribution is 5.71. The molecule has 2 heteroatoms. The third-order valence-corrected chi connectivity index (χ3v) is 2.76. The summed E-state index contributed by atoms with van der Waals surface area (Å²) in [5, 5.41) is 8.65. The van der Waals surface area contributed by atoms with E-state index in [0.717, 1.165) is 6.42 Å². The average Bonchev–Trinajstić information content (AvgIpc) is 2.31. The molecule has 0 bridgehead atoms. The Morgan fingerprint density at radius 3 is 2.41 bits per heavy atom. The third-order valence-electron chi connectivity index (χ3n) is 2.76. The Morgan fingerprint density at radius 2 is 1.76 bits per heavy atom. The van der Waals surface area contributed by atoms with Crippen LogP contribution in [0.3, 0.4) is 0 Å². The van der Waals surface area contributed by atoms with Crippen molar-refractivity contribution in [3.05, 3.63) is 24.3 Å². The molecule has 0 saturated heterocycles. The Bertz CT molecular complexity index is 241. The van der Waals surface area contributed by atoms with Crippen molar-refractivity contribution in [2.24, 2.45) is 5.92 Å². The molecule has 0 fully saturated rings. The van der Waals surface area contributed by atoms with E-state index in [9.17, 15) is 4.79 Å². The van der Waals surface area contributed by atoms with Crippen LogP contribution in [-0.4, -0.2) is 11.1 Å². The molecule has 0 rings (SSSR count). The van der Waals surface area contributed by atoms with E-state index in [1.54, 1.807) is 13.0 Å². The number of unbranched alkanes of at least 4 members (excludes halogenated alkanes) is 6. The minimum atomic E-state index is -0.773. The molecular weight excluding hydrogens is 212 g/mol. The fourth-order valence-electron chi connectivity index (χ4n) is 1.53. The first kappa shape index (κ1) is 16.0. The molecule has 1 N–H and O–H groups in total. The van der Waals surface area contributed by atoms with Gasteiger partial charge in [0.15, 0.2) is 0 Å². The second-order valence-electron chi connectivity index (χ2n) is 4.50. The van der Waals surface area contributed by atoms with Crippen molar-refractivity contribution in [3.63, 3.8) is 0 Å². The van der Waals surface area contributed by atoms with Crippen molar-refractivity contribution in [2.45, 2.75) is 58.8 Å². The number of allylic oxidation sites excluding steroid dienone is 3. The van der Waals surface area contributed by atoms with Gasteiger partial charge >= 0.3 is 5.97 Å². The zero-order chi connectivity index (χ0) is 12.9. The lowest BCUT2D eigenvalue weighted by Crippen LogP contribution is -2.05. The minimum Gasteiger partial charge on any atom is -0.481 e. The number of rotatable bonds is 10. The van der Waals surface area contributed by atoms with Crippen LogP contribution in [-0.2, 0) is 4.79 Å². The fourth-order valence-corrected chi connectivity index (χ4v) is 1.53. The average molecular weight is 238 g/mol. The lowest BCUT2D eigenvalue weighted by atomic mass is 10.1. The van der Waals surface area contributed by atoms with Gasteiger partial charge in [-0.15, -0.1) is 0 Å². The van der Waals surface area contributed by atoms with Gasteiger partial charge in [0.25, 0.3) is 0 Å². The molecule has 0 aliphatic carbocycles. The standard InChI is InChI=1S/C15H26O2/c1-3-4-5-6-7-8-9-10-11-12-13-14(2)15(16)17/h10-14H,3-9H2,1-2H3,(H,16,17). The van der Waals surface area contributed by atoms with Crippen LogP contribution in [0.25, 0.3) is 0 Å². The molecule has 0 aromatic rings. The Balaban J connectivity index is 3.39. The van der Waals surface area contributed by atoms with E-state index in [1.807, 2.05) is 12.2 Å². The van der Waals surface area contributed by atoms with Crippen molar-refractivity contribution in [1.82, 2.24) is 0 Å². The molecule has 0 amide bonds. The van der Waals surface area contributed by atoms with Crippen LogP contribution in [0.15, 0.2) is 24.3 Å². The van der Waals surface area contributed by atoms with Crippen molar-refractivity contribution >= 4 is 5.97 Å². The van der Waals surface area contributed by atoms with Crippen LogP contribution in [0.4, 0.5) is 0 Å². The molecule has 0 saturated carbocycles. The SMILES string of the molecule is CCCCCCCCC=CC=CC(C)C(=O)O. The summed E-state index contributed by atoms with van der Waals surface area (Å²) < 4.78 is 0. The smallest absolute Gasteiger partial charge is 0.310 e. The zero-order valence-corrected chi connectivity index (χ0v) is 11.2. The Morgan fingerprint density at radius 1 is 1.12 bits per heavy atom. The Labute approximate surface area is 105 Å². The van der Waals surface area contributed by atoms with E-state index in [4.69, 9.17) is 5.11 Å². The van der Waals surface area contributed by atoms with Crippen molar-refractivity contribution in [3.8, 4) is 0 Å². The molecule has 0 aliphatic rings. The van der Waals surface area contributed by atoms with Gasteiger partial charge in [0.05, 0.1) is 5.92 Å². The maximum Gasteiger partial charge on any atom is 0.310 e. The molecule has 0 aromatic carbocycles. The first-order valence-corrected chi connectivity index (χ1v) is 6.74. The quantitative estimate of drug-likeness (QED) is 0.447. The van der Waals surface area contributed by atoms with Gasteiger partial charge in [-0.25, -0.2) is 0 Å².